The Hall–Kier alpha value is -3.41. The van der Waals surface area contributed by atoms with Crippen LogP contribution in [0, 0.1) is 0 Å². The normalized spacial score (nSPS) is 12.3. The SMILES string of the molecule is CC(CCc1ccccc1)NC(=O)CCCn1c2ccccc2c2cn[nH]c(=O)c21. The third-order valence-electron chi connectivity index (χ3n) is 5.49. The van der Waals surface area contributed by atoms with E-state index in [0.717, 1.165) is 29.1 Å². The van der Waals surface area contributed by atoms with Crippen LogP contribution in [-0.4, -0.2) is 26.7 Å². The molecule has 6 heteroatoms. The fourth-order valence-corrected chi connectivity index (χ4v) is 3.99. The first-order chi connectivity index (χ1) is 14.6. The molecule has 0 radical (unpaired) electrons. The van der Waals surface area contributed by atoms with Gasteiger partial charge in [0.15, 0.2) is 0 Å². The van der Waals surface area contributed by atoms with Gasteiger partial charge in [0.2, 0.25) is 5.91 Å². The van der Waals surface area contributed by atoms with Gasteiger partial charge in [0.05, 0.1) is 6.20 Å². The number of nitrogens with one attached hydrogen (secondary N) is 2. The Morgan fingerprint density at radius 3 is 2.70 bits per heavy atom. The van der Waals surface area contributed by atoms with Gasteiger partial charge >= 0.3 is 0 Å². The Morgan fingerprint density at radius 1 is 1.10 bits per heavy atom. The number of nitrogens with zero attached hydrogens (tertiary/aromatic N) is 2. The number of aromatic amines is 1. The molecule has 0 aliphatic rings. The number of carbonyl (C=O) groups excluding carboxylic acids is 1. The minimum Gasteiger partial charge on any atom is -0.354 e. The van der Waals surface area contributed by atoms with E-state index in [1.165, 1.54) is 5.56 Å². The minimum atomic E-state index is -0.206. The van der Waals surface area contributed by atoms with Gasteiger partial charge in [0.1, 0.15) is 5.52 Å². The first-order valence-electron chi connectivity index (χ1n) is 10.4. The van der Waals surface area contributed by atoms with Gasteiger partial charge in [-0.1, -0.05) is 48.5 Å². The summed E-state index contributed by atoms with van der Waals surface area (Å²) in [6.45, 7) is 2.64. The van der Waals surface area contributed by atoms with Crippen molar-refractivity contribution in [2.75, 3.05) is 0 Å². The maximum atomic E-state index is 12.4. The van der Waals surface area contributed by atoms with Crippen molar-refractivity contribution in [1.29, 1.82) is 0 Å². The summed E-state index contributed by atoms with van der Waals surface area (Å²) in [4.78, 5) is 24.8. The summed E-state index contributed by atoms with van der Waals surface area (Å²) in [6.07, 6.45) is 4.63. The monoisotopic (exact) mass is 402 g/mol. The van der Waals surface area contributed by atoms with Gasteiger partial charge in [-0.2, -0.15) is 5.10 Å². The fourth-order valence-electron chi connectivity index (χ4n) is 3.99. The molecule has 0 saturated heterocycles. The van der Waals surface area contributed by atoms with Gasteiger partial charge in [0.25, 0.3) is 5.56 Å². The van der Waals surface area contributed by atoms with Crippen LogP contribution in [-0.2, 0) is 17.8 Å². The summed E-state index contributed by atoms with van der Waals surface area (Å²) in [7, 11) is 0. The maximum Gasteiger partial charge on any atom is 0.288 e. The molecular formula is C24H26N4O2. The number of aryl methyl sites for hydroxylation is 2. The molecule has 2 aromatic heterocycles. The molecule has 0 fully saturated rings. The lowest BCUT2D eigenvalue weighted by Crippen LogP contribution is -2.32. The van der Waals surface area contributed by atoms with Crippen molar-refractivity contribution < 1.29 is 4.79 Å². The van der Waals surface area contributed by atoms with E-state index in [0.29, 0.717) is 24.9 Å². The molecule has 154 valence electrons. The van der Waals surface area contributed by atoms with Crippen LogP contribution >= 0.6 is 0 Å². The first kappa shape index (κ1) is 19.9. The highest BCUT2D eigenvalue weighted by atomic mass is 16.1. The molecule has 1 amide bonds. The predicted octanol–water partition coefficient (Wildman–Crippen LogP) is 3.80. The van der Waals surface area contributed by atoms with Gasteiger partial charge in [-0.15, -0.1) is 0 Å². The van der Waals surface area contributed by atoms with Crippen LogP contribution in [0.2, 0.25) is 0 Å². The van der Waals surface area contributed by atoms with E-state index in [-0.39, 0.29) is 17.5 Å². The number of hydrogen-bond donors (Lipinski definition) is 2. The molecule has 0 aliphatic carbocycles. The van der Waals surface area contributed by atoms with Gasteiger partial charge < -0.3 is 9.88 Å². The number of aromatic nitrogens is 3. The molecule has 4 rings (SSSR count). The first-order valence-corrected chi connectivity index (χ1v) is 10.4. The summed E-state index contributed by atoms with van der Waals surface area (Å²) < 4.78 is 2.00. The zero-order chi connectivity index (χ0) is 20.9. The fraction of sp³-hybridized carbons (Fsp3) is 0.292. The molecule has 1 atom stereocenters. The number of rotatable bonds is 8. The molecule has 6 nitrogen and oxygen atoms in total. The van der Waals surface area contributed by atoms with Crippen LogP contribution in [0.4, 0.5) is 0 Å². The Labute approximate surface area is 174 Å². The second-order valence-electron chi connectivity index (χ2n) is 7.73. The molecule has 0 spiro atoms. The summed E-state index contributed by atoms with van der Waals surface area (Å²) >= 11 is 0. The summed E-state index contributed by atoms with van der Waals surface area (Å²) in [5.41, 5.74) is 2.68. The van der Waals surface area contributed by atoms with Crippen molar-refractivity contribution in [3.05, 3.63) is 76.7 Å². The molecule has 0 saturated carbocycles. The topological polar surface area (TPSA) is 79.8 Å². The van der Waals surface area contributed by atoms with E-state index in [4.69, 9.17) is 0 Å². The zero-order valence-electron chi connectivity index (χ0n) is 17.1. The Kier molecular flexibility index (Phi) is 5.93. The highest BCUT2D eigenvalue weighted by Gasteiger charge is 2.14. The number of benzene rings is 2. The van der Waals surface area contributed by atoms with Crippen LogP contribution in [0.5, 0.6) is 0 Å². The number of amides is 1. The number of para-hydroxylation sites is 1. The number of carbonyl (C=O) groups is 1. The third-order valence-corrected chi connectivity index (χ3v) is 5.49. The second kappa shape index (κ2) is 8.95. The van der Waals surface area contributed by atoms with Gasteiger partial charge in [0, 0.05) is 35.3 Å². The van der Waals surface area contributed by atoms with E-state index in [9.17, 15) is 9.59 Å². The molecule has 2 aromatic carbocycles. The second-order valence-corrected chi connectivity index (χ2v) is 7.73. The van der Waals surface area contributed by atoms with Crippen LogP contribution in [0.25, 0.3) is 21.8 Å². The van der Waals surface area contributed by atoms with Crippen LogP contribution in [0.1, 0.15) is 31.7 Å². The smallest absolute Gasteiger partial charge is 0.288 e. The number of hydrogen-bond acceptors (Lipinski definition) is 3. The highest BCUT2D eigenvalue weighted by molar-refractivity contribution is 6.07. The minimum absolute atomic E-state index is 0.0481. The predicted molar refractivity (Wildman–Crippen MR) is 119 cm³/mol. The van der Waals surface area contributed by atoms with Crippen molar-refractivity contribution in [3.8, 4) is 0 Å². The maximum absolute atomic E-state index is 12.4. The number of fused-ring (bicyclic) bond motifs is 3. The molecular weight excluding hydrogens is 376 g/mol. The summed E-state index contributed by atoms with van der Waals surface area (Å²) in [5, 5.41) is 11.4. The summed E-state index contributed by atoms with van der Waals surface area (Å²) in [6, 6.07) is 18.3. The highest BCUT2D eigenvalue weighted by Crippen LogP contribution is 2.26. The van der Waals surface area contributed by atoms with Crippen molar-refractivity contribution in [3.63, 3.8) is 0 Å². The van der Waals surface area contributed by atoms with E-state index < -0.39 is 0 Å². The lowest BCUT2D eigenvalue weighted by atomic mass is 10.1. The average molecular weight is 402 g/mol. The largest absolute Gasteiger partial charge is 0.354 e. The lowest BCUT2D eigenvalue weighted by molar-refractivity contribution is -0.121. The molecule has 1 unspecified atom stereocenters. The zero-order valence-corrected chi connectivity index (χ0v) is 17.1. The van der Waals surface area contributed by atoms with Crippen molar-refractivity contribution in [1.82, 2.24) is 20.1 Å². The van der Waals surface area contributed by atoms with Crippen LogP contribution in [0.3, 0.4) is 0 Å². The van der Waals surface area contributed by atoms with E-state index >= 15 is 0 Å². The standard InChI is InChI=1S/C24H26N4O2/c1-17(13-14-18-8-3-2-4-9-18)26-22(29)12-7-15-28-21-11-6-5-10-19(21)20-16-25-27-24(30)23(20)28/h2-6,8-11,16-17H,7,12-15H2,1H3,(H,26,29)(H,27,30). The molecule has 2 N–H and O–H groups in total. The van der Waals surface area contributed by atoms with Crippen molar-refractivity contribution in [2.45, 2.75) is 45.2 Å². The van der Waals surface area contributed by atoms with Crippen molar-refractivity contribution >= 4 is 27.7 Å². The molecule has 2 heterocycles. The Balaban J connectivity index is 1.36. The Morgan fingerprint density at radius 2 is 1.87 bits per heavy atom. The van der Waals surface area contributed by atoms with E-state index in [2.05, 4.69) is 27.6 Å². The summed E-state index contributed by atoms with van der Waals surface area (Å²) in [5.74, 6) is 0.0481. The third kappa shape index (κ3) is 4.27. The van der Waals surface area contributed by atoms with Crippen LogP contribution < -0.4 is 10.9 Å². The molecule has 0 bridgehead atoms. The van der Waals surface area contributed by atoms with Crippen molar-refractivity contribution in [2.24, 2.45) is 0 Å². The van der Waals surface area contributed by atoms with Gasteiger partial charge in [-0.3, -0.25) is 9.59 Å². The Bertz CT molecular complexity index is 1210. The molecule has 30 heavy (non-hydrogen) atoms. The lowest BCUT2D eigenvalue weighted by Gasteiger charge is -2.14. The van der Waals surface area contributed by atoms with Gasteiger partial charge in [-0.05, 0) is 37.8 Å². The number of H-pyrrole nitrogens is 1. The van der Waals surface area contributed by atoms with Crippen LogP contribution in [0.15, 0.2) is 65.6 Å². The molecule has 4 aromatic rings. The van der Waals surface area contributed by atoms with Gasteiger partial charge in [-0.25, -0.2) is 5.10 Å². The quantitative estimate of drug-likeness (QED) is 0.470. The van der Waals surface area contributed by atoms with E-state index in [1.54, 1.807) is 6.20 Å². The molecule has 0 aliphatic heterocycles. The average Bonchev–Trinajstić information content (AvgIpc) is 3.08. The van der Waals surface area contributed by atoms with E-state index in [1.807, 2.05) is 54.0 Å².